The van der Waals surface area contributed by atoms with Crippen molar-refractivity contribution in [3.8, 4) is 0 Å². The van der Waals surface area contributed by atoms with Crippen molar-refractivity contribution in [2.75, 3.05) is 13.1 Å². The Labute approximate surface area is 91.3 Å². The second kappa shape index (κ2) is 6.58. The predicted molar refractivity (Wildman–Crippen MR) is 60.7 cm³/mol. The van der Waals surface area contributed by atoms with Crippen LogP contribution in [0.2, 0.25) is 0 Å². The first-order valence-corrected chi connectivity index (χ1v) is 5.59. The number of aryl methyl sites for hydroxylation is 1. The molecule has 1 rings (SSSR count). The molecule has 2 N–H and O–H groups in total. The first-order valence-electron chi connectivity index (χ1n) is 5.59. The number of hydrogen-bond donors (Lipinski definition) is 2. The van der Waals surface area contributed by atoms with E-state index in [1.165, 1.54) is 5.69 Å². The minimum absolute atomic E-state index is 0.158. The summed E-state index contributed by atoms with van der Waals surface area (Å²) in [6.45, 7) is 3.82. The van der Waals surface area contributed by atoms with Crippen LogP contribution in [0.25, 0.3) is 0 Å². The molecule has 1 aromatic heterocycles. The number of rotatable bonds is 7. The van der Waals surface area contributed by atoms with E-state index in [4.69, 9.17) is 0 Å². The van der Waals surface area contributed by atoms with Gasteiger partial charge in [-0.15, -0.1) is 0 Å². The summed E-state index contributed by atoms with van der Waals surface area (Å²) in [6.07, 6.45) is 4.31. The molecule has 0 spiro atoms. The molecule has 0 bridgehead atoms. The fraction of sp³-hybridized carbons (Fsp3) is 0.727. The van der Waals surface area contributed by atoms with Crippen LogP contribution in [0.15, 0.2) is 12.3 Å². The molecule has 4 nitrogen and oxygen atoms in total. The second-order valence-electron chi connectivity index (χ2n) is 3.80. The van der Waals surface area contributed by atoms with E-state index in [1.54, 1.807) is 0 Å². The van der Waals surface area contributed by atoms with Crippen LogP contribution >= 0.6 is 0 Å². The molecule has 15 heavy (non-hydrogen) atoms. The Balaban J connectivity index is 2.05. The predicted octanol–water partition coefficient (Wildman–Crippen LogP) is 0.713. The molecule has 0 aliphatic carbocycles. The zero-order valence-electron chi connectivity index (χ0n) is 9.61. The molecule has 0 fully saturated rings. The third kappa shape index (κ3) is 4.44. The van der Waals surface area contributed by atoms with Gasteiger partial charge in [-0.2, -0.15) is 5.10 Å². The fourth-order valence-corrected chi connectivity index (χ4v) is 1.46. The van der Waals surface area contributed by atoms with Crippen molar-refractivity contribution in [2.45, 2.75) is 32.3 Å². The van der Waals surface area contributed by atoms with Crippen LogP contribution in [-0.2, 0) is 13.5 Å². The molecule has 0 radical (unpaired) electrons. The molecule has 1 heterocycles. The van der Waals surface area contributed by atoms with Crippen molar-refractivity contribution in [3.05, 3.63) is 18.0 Å². The molecule has 1 unspecified atom stereocenters. The van der Waals surface area contributed by atoms with Gasteiger partial charge in [-0.1, -0.05) is 6.92 Å². The normalized spacial score (nSPS) is 13.0. The molecule has 0 saturated carbocycles. The van der Waals surface area contributed by atoms with Crippen LogP contribution < -0.4 is 5.32 Å². The summed E-state index contributed by atoms with van der Waals surface area (Å²) in [5.74, 6) is 0. The Kier molecular flexibility index (Phi) is 5.36. The van der Waals surface area contributed by atoms with Gasteiger partial charge in [0.05, 0.1) is 6.10 Å². The summed E-state index contributed by atoms with van der Waals surface area (Å²) in [7, 11) is 1.95. The van der Waals surface area contributed by atoms with E-state index in [9.17, 15) is 5.11 Å². The molecular formula is C11H21N3O. The molecule has 0 aliphatic rings. The standard InChI is InChI=1S/C11H21N3O/c1-3-11(15)6-8-12-7-4-10-5-9-13-14(10)2/h5,9,11-12,15H,3-4,6-8H2,1-2H3. The van der Waals surface area contributed by atoms with Crippen molar-refractivity contribution < 1.29 is 5.11 Å². The number of aliphatic hydroxyl groups excluding tert-OH is 1. The number of hydrogen-bond acceptors (Lipinski definition) is 3. The van der Waals surface area contributed by atoms with Crippen molar-refractivity contribution >= 4 is 0 Å². The first-order chi connectivity index (χ1) is 7.24. The van der Waals surface area contributed by atoms with Crippen LogP contribution in [0.1, 0.15) is 25.5 Å². The van der Waals surface area contributed by atoms with Crippen LogP contribution in [0.5, 0.6) is 0 Å². The Morgan fingerprint density at radius 1 is 1.53 bits per heavy atom. The Bertz CT molecular complexity index is 273. The Morgan fingerprint density at radius 2 is 2.33 bits per heavy atom. The maximum absolute atomic E-state index is 9.33. The molecule has 86 valence electrons. The average molecular weight is 211 g/mol. The van der Waals surface area contributed by atoms with Crippen molar-refractivity contribution in [3.63, 3.8) is 0 Å². The summed E-state index contributed by atoms with van der Waals surface area (Å²) in [5.41, 5.74) is 1.23. The topological polar surface area (TPSA) is 50.1 Å². The summed E-state index contributed by atoms with van der Waals surface area (Å²) < 4.78 is 1.89. The molecule has 1 aromatic rings. The van der Waals surface area contributed by atoms with Crippen LogP contribution in [0.4, 0.5) is 0 Å². The SMILES string of the molecule is CCC(O)CCNCCc1ccnn1C. The molecule has 1 atom stereocenters. The van der Waals surface area contributed by atoms with Crippen molar-refractivity contribution in [2.24, 2.45) is 7.05 Å². The van der Waals surface area contributed by atoms with Gasteiger partial charge in [0.15, 0.2) is 0 Å². The minimum Gasteiger partial charge on any atom is -0.393 e. The van der Waals surface area contributed by atoms with Gasteiger partial charge in [0.1, 0.15) is 0 Å². The molecule has 0 aliphatic heterocycles. The van der Waals surface area contributed by atoms with Gasteiger partial charge in [-0.25, -0.2) is 0 Å². The Morgan fingerprint density at radius 3 is 2.93 bits per heavy atom. The highest BCUT2D eigenvalue weighted by molar-refractivity contribution is 5.00. The van der Waals surface area contributed by atoms with Gasteiger partial charge in [0.25, 0.3) is 0 Å². The minimum atomic E-state index is -0.158. The third-order valence-corrected chi connectivity index (χ3v) is 2.61. The lowest BCUT2D eigenvalue weighted by Gasteiger charge is -2.08. The zero-order valence-corrected chi connectivity index (χ0v) is 9.61. The van der Waals surface area contributed by atoms with E-state index >= 15 is 0 Å². The lowest BCUT2D eigenvalue weighted by molar-refractivity contribution is 0.160. The number of aliphatic hydroxyl groups is 1. The van der Waals surface area contributed by atoms with Crippen LogP contribution in [-0.4, -0.2) is 34.1 Å². The third-order valence-electron chi connectivity index (χ3n) is 2.61. The summed E-state index contributed by atoms with van der Waals surface area (Å²) in [6, 6.07) is 2.03. The lowest BCUT2D eigenvalue weighted by atomic mass is 10.2. The molecule has 0 amide bonds. The van der Waals surface area contributed by atoms with Gasteiger partial charge in [0.2, 0.25) is 0 Å². The van der Waals surface area contributed by atoms with E-state index in [-0.39, 0.29) is 6.10 Å². The maximum Gasteiger partial charge on any atom is 0.0549 e. The maximum atomic E-state index is 9.33. The van der Waals surface area contributed by atoms with E-state index in [0.717, 1.165) is 32.4 Å². The number of nitrogens with one attached hydrogen (secondary N) is 1. The van der Waals surface area contributed by atoms with E-state index in [1.807, 2.05) is 30.9 Å². The lowest BCUT2D eigenvalue weighted by Crippen LogP contribution is -2.23. The van der Waals surface area contributed by atoms with Gasteiger partial charge < -0.3 is 10.4 Å². The highest BCUT2D eigenvalue weighted by Crippen LogP contribution is 1.97. The molecule has 0 aromatic carbocycles. The number of nitrogens with zero attached hydrogens (tertiary/aromatic N) is 2. The summed E-state index contributed by atoms with van der Waals surface area (Å²) in [4.78, 5) is 0. The van der Waals surface area contributed by atoms with E-state index in [0.29, 0.717) is 0 Å². The second-order valence-corrected chi connectivity index (χ2v) is 3.80. The van der Waals surface area contributed by atoms with Gasteiger partial charge in [-0.3, -0.25) is 4.68 Å². The molecule has 4 heteroatoms. The Hall–Kier alpha value is -0.870. The quantitative estimate of drug-likeness (QED) is 0.653. The highest BCUT2D eigenvalue weighted by atomic mass is 16.3. The van der Waals surface area contributed by atoms with Crippen LogP contribution in [0.3, 0.4) is 0 Å². The fourth-order valence-electron chi connectivity index (χ4n) is 1.46. The first kappa shape index (κ1) is 12.2. The van der Waals surface area contributed by atoms with Gasteiger partial charge >= 0.3 is 0 Å². The monoisotopic (exact) mass is 211 g/mol. The van der Waals surface area contributed by atoms with E-state index < -0.39 is 0 Å². The van der Waals surface area contributed by atoms with Crippen LogP contribution in [0, 0.1) is 0 Å². The molecular weight excluding hydrogens is 190 g/mol. The van der Waals surface area contributed by atoms with Gasteiger partial charge in [0, 0.05) is 31.9 Å². The van der Waals surface area contributed by atoms with Gasteiger partial charge in [-0.05, 0) is 25.5 Å². The zero-order chi connectivity index (χ0) is 11.1. The van der Waals surface area contributed by atoms with Crippen molar-refractivity contribution in [1.82, 2.24) is 15.1 Å². The highest BCUT2D eigenvalue weighted by Gasteiger charge is 2.00. The smallest absolute Gasteiger partial charge is 0.0549 e. The largest absolute Gasteiger partial charge is 0.393 e. The molecule has 0 saturated heterocycles. The number of aromatic nitrogens is 2. The van der Waals surface area contributed by atoms with Crippen molar-refractivity contribution in [1.29, 1.82) is 0 Å². The summed E-state index contributed by atoms with van der Waals surface area (Å²) in [5, 5.41) is 16.8. The van der Waals surface area contributed by atoms with E-state index in [2.05, 4.69) is 10.4 Å². The summed E-state index contributed by atoms with van der Waals surface area (Å²) >= 11 is 0. The average Bonchev–Trinajstić information content (AvgIpc) is 2.63.